The molecule has 0 aliphatic carbocycles. The zero-order chi connectivity index (χ0) is 6.53. The number of nitrogens with one attached hydrogen (secondary N) is 1. The number of ether oxygens (including phenoxy) is 1. The molecule has 0 saturated carbocycles. The Hall–Kier alpha value is -0.120. The van der Waals surface area contributed by atoms with Crippen molar-refractivity contribution in [3.8, 4) is 0 Å². The Labute approximate surface area is 55.0 Å². The first kappa shape index (κ1) is 6.99. The molecular formula is C6H13NO2. The first-order valence-corrected chi connectivity index (χ1v) is 3.33. The molecule has 1 rings (SSSR count). The van der Waals surface area contributed by atoms with E-state index in [1.165, 1.54) is 0 Å². The average molecular weight is 131 g/mol. The highest BCUT2D eigenvalue weighted by Gasteiger charge is 2.09. The zero-order valence-electron chi connectivity index (χ0n) is 5.47. The maximum Gasteiger partial charge on any atom is 0.0591 e. The molecule has 0 bridgehead atoms. The van der Waals surface area contributed by atoms with Crippen molar-refractivity contribution < 1.29 is 9.84 Å². The third kappa shape index (κ3) is 2.30. The summed E-state index contributed by atoms with van der Waals surface area (Å²) < 4.78 is 5.18. The Balaban J connectivity index is 2.18. The fraction of sp³-hybridized carbons (Fsp3) is 1.00. The normalized spacial score (nSPS) is 29.7. The molecule has 3 heteroatoms. The lowest BCUT2D eigenvalue weighted by Gasteiger charge is -2.07. The second-order valence-electron chi connectivity index (χ2n) is 2.33. The van der Waals surface area contributed by atoms with Crippen LogP contribution in [0.1, 0.15) is 0 Å². The van der Waals surface area contributed by atoms with Gasteiger partial charge in [0.2, 0.25) is 0 Å². The van der Waals surface area contributed by atoms with E-state index in [0.717, 1.165) is 19.7 Å². The third-order valence-electron chi connectivity index (χ3n) is 1.47. The molecule has 0 spiro atoms. The Bertz CT molecular complexity index is 69.5. The van der Waals surface area contributed by atoms with Crippen molar-refractivity contribution in [3.63, 3.8) is 0 Å². The van der Waals surface area contributed by atoms with Crippen molar-refractivity contribution in [1.82, 2.24) is 5.32 Å². The van der Waals surface area contributed by atoms with Crippen LogP contribution < -0.4 is 5.32 Å². The summed E-state index contributed by atoms with van der Waals surface area (Å²) in [5.74, 6) is 0.299. The highest BCUT2D eigenvalue weighted by molar-refractivity contribution is 4.63. The second-order valence-corrected chi connectivity index (χ2v) is 2.33. The molecule has 1 aliphatic rings. The minimum absolute atomic E-state index is 0.229. The van der Waals surface area contributed by atoms with Crippen LogP contribution in [0, 0.1) is 5.92 Å². The van der Waals surface area contributed by atoms with Crippen LogP contribution in [-0.4, -0.2) is 38.0 Å². The number of aliphatic hydroxyl groups excluding tert-OH is 1. The van der Waals surface area contributed by atoms with Gasteiger partial charge in [0.15, 0.2) is 0 Å². The van der Waals surface area contributed by atoms with Crippen molar-refractivity contribution in [1.29, 1.82) is 0 Å². The van der Waals surface area contributed by atoms with Gasteiger partial charge in [-0.2, -0.15) is 0 Å². The van der Waals surface area contributed by atoms with Crippen LogP contribution in [0.4, 0.5) is 0 Å². The second kappa shape index (κ2) is 3.82. The molecule has 1 saturated heterocycles. The summed E-state index contributed by atoms with van der Waals surface area (Å²) >= 11 is 0. The molecule has 1 heterocycles. The van der Waals surface area contributed by atoms with Crippen molar-refractivity contribution in [2.75, 3.05) is 32.9 Å². The Morgan fingerprint density at radius 2 is 2.56 bits per heavy atom. The van der Waals surface area contributed by atoms with Crippen LogP contribution in [-0.2, 0) is 4.74 Å². The standard InChI is InChI=1S/C6H13NO2/c8-4-6-3-7-1-2-9-5-6/h6-8H,1-5H2. The van der Waals surface area contributed by atoms with E-state index in [1.54, 1.807) is 0 Å². The zero-order valence-corrected chi connectivity index (χ0v) is 5.47. The van der Waals surface area contributed by atoms with E-state index >= 15 is 0 Å². The fourth-order valence-corrected chi connectivity index (χ4v) is 0.877. The van der Waals surface area contributed by atoms with E-state index in [4.69, 9.17) is 9.84 Å². The van der Waals surface area contributed by atoms with Crippen LogP contribution in [0.15, 0.2) is 0 Å². The highest BCUT2D eigenvalue weighted by Crippen LogP contribution is 1.96. The van der Waals surface area contributed by atoms with Gasteiger partial charge < -0.3 is 15.2 Å². The van der Waals surface area contributed by atoms with E-state index in [1.807, 2.05) is 0 Å². The Morgan fingerprint density at radius 1 is 1.67 bits per heavy atom. The van der Waals surface area contributed by atoms with Crippen LogP contribution in [0.3, 0.4) is 0 Å². The lowest BCUT2D eigenvalue weighted by Crippen LogP contribution is -2.24. The molecule has 0 amide bonds. The minimum Gasteiger partial charge on any atom is -0.396 e. The van der Waals surface area contributed by atoms with Gasteiger partial charge in [-0.3, -0.25) is 0 Å². The molecule has 9 heavy (non-hydrogen) atoms. The topological polar surface area (TPSA) is 41.5 Å². The molecule has 0 aromatic carbocycles. The summed E-state index contributed by atoms with van der Waals surface area (Å²) in [7, 11) is 0. The van der Waals surface area contributed by atoms with Gasteiger partial charge in [-0.1, -0.05) is 0 Å². The monoisotopic (exact) mass is 131 g/mol. The lowest BCUT2D eigenvalue weighted by atomic mass is 10.2. The lowest BCUT2D eigenvalue weighted by molar-refractivity contribution is 0.0959. The molecule has 0 aromatic heterocycles. The summed E-state index contributed by atoms with van der Waals surface area (Å²) in [6.45, 7) is 3.50. The first-order valence-electron chi connectivity index (χ1n) is 3.33. The highest BCUT2D eigenvalue weighted by atomic mass is 16.5. The number of rotatable bonds is 1. The van der Waals surface area contributed by atoms with E-state index in [9.17, 15) is 0 Å². The van der Waals surface area contributed by atoms with Crippen LogP contribution in [0.5, 0.6) is 0 Å². The smallest absolute Gasteiger partial charge is 0.0591 e. The molecule has 1 fully saturated rings. The predicted octanol–water partition coefficient (Wildman–Crippen LogP) is -0.785. The summed E-state index contributed by atoms with van der Waals surface area (Å²) in [5, 5.41) is 11.9. The SMILES string of the molecule is OCC1CNCCOC1. The van der Waals surface area contributed by atoms with Gasteiger partial charge in [-0.05, 0) is 0 Å². The summed E-state index contributed by atoms with van der Waals surface area (Å²) in [5.41, 5.74) is 0. The predicted molar refractivity (Wildman–Crippen MR) is 34.3 cm³/mol. The Kier molecular flexibility index (Phi) is 2.97. The van der Waals surface area contributed by atoms with Gasteiger partial charge in [0.1, 0.15) is 0 Å². The number of hydrogen-bond donors (Lipinski definition) is 2. The molecular weight excluding hydrogens is 118 g/mol. The summed E-state index contributed by atoms with van der Waals surface area (Å²) in [6, 6.07) is 0. The van der Waals surface area contributed by atoms with Gasteiger partial charge in [-0.25, -0.2) is 0 Å². The van der Waals surface area contributed by atoms with Crippen molar-refractivity contribution in [2.24, 2.45) is 5.92 Å². The quantitative estimate of drug-likeness (QED) is 0.490. The van der Waals surface area contributed by atoms with Crippen LogP contribution in [0.25, 0.3) is 0 Å². The maximum absolute atomic E-state index is 8.70. The molecule has 3 nitrogen and oxygen atoms in total. The molecule has 0 aromatic rings. The molecule has 1 unspecified atom stereocenters. The number of aliphatic hydroxyl groups is 1. The van der Waals surface area contributed by atoms with Gasteiger partial charge in [-0.15, -0.1) is 0 Å². The Morgan fingerprint density at radius 3 is 3.33 bits per heavy atom. The first-order chi connectivity index (χ1) is 4.43. The van der Waals surface area contributed by atoms with E-state index in [2.05, 4.69) is 5.32 Å². The van der Waals surface area contributed by atoms with E-state index in [-0.39, 0.29) is 6.61 Å². The molecule has 54 valence electrons. The minimum atomic E-state index is 0.229. The van der Waals surface area contributed by atoms with Gasteiger partial charge in [0.05, 0.1) is 13.2 Å². The van der Waals surface area contributed by atoms with E-state index in [0.29, 0.717) is 12.5 Å². The number of hydrogen-bond acceptors (Lipinski definition) is 3. The molecule has 0 radical (unpaired) electrons. The van der Waals surface area contributed by atoms with Crippen molar-refractivity contribution >= 4 is 0 Å². The molecule has 2 N–H and O–H groups in total. The van der Waals surface area contributed by atoms with Crippen LogP contribution >= 0.6 is 0 Å². The van der Waals surface area contributed by atoms with Gasteiger partial charge in [0, 0.05) is 25.6 Å². The summed E-state index contributed by atoms with van der Waals surface area (Å²) in [6.07, 6.45) is 0. The van der Waals surface area contributed by atoms with E-state index < -0.39 is 0 Å². The van der Waals surface area contributed by atoms with Gasteiger partial charge in [0.25, 0.3) is 0 Å². The third-order valence-corrected chi connectivity index (χ3v) is 1.47. The van der Waals surface area contributed by atoms with Crippen LogP contribution in [0.2, 0.25) is 0 Å². The largest absolute Gasteiger partial charge is 0.396 e. The molecule has 1 aliphatic heterocycles. The van der Waals surface area contributed by atoms with Crippen molar-refractivity contribution in [3.05, 3.63) is 0 Å². The average Bonchev–Trinajstić information content (AvgIpc) is 2.13. The summed E-state index contributed by atoms with van der Waals surface area (Å²) in [4.78, 5) is 0. The van der Waals surface area contributed by atoms with Crippen molar-refractivity contribution in [2.45, 2.75) is 0 Å². The maximum atomic E-state index is 8.70. The fourth-order valence-electron chi connectivity index (χ4n) is 0.877. The van der Waals surface area contributed by atoms with Gasteiger partial charge >= 0.3 is 0 Å². The molecule has 1 atom stereocenters.